The lowest BCUT2D eigenvalue weighted by molar-refractivity contribution is 0.0635. The van der Waals surface area contributed by atoms with Crippen LogP contribution in [-0.4, -0.2) is 34.0 Å². The number of anilines is 1. The van der Waals surface area contributed by atoms with Crippen molar-refractivity contribution in [1.82, 2.24) is 20.5 Å². The topological polar surface area (TPSA) is 101 Å². The quantitative estimate of drug-likeness (QED) is 0.750. The van der Waals surface area contributed by atoms with Crippen molar-refractivity contribution in [2.45, 2.75) is 39.5 Å². The number of H-pyrrole nitrogens is 1. The van der Waals surface area contributed by atoms with E-state index >= 15 is 0 Å². The number of nitrogens with one attached hydrogen (secondary N) is 3. The largest absolute Gasteiger partial charge is 0.481 e. The Balaban J connectivity index is 1.85. The monoisotopic (exact) mass is 333 g/mol. The van der Waals surface area contributed by atoms with E-state index in [1.54, 1.807) is 19.5 Å². The van der Waals surface area contributed by atoms with E-state index in [1.165, 1.54) is 0 Å². The van der Waals surface area contributed by atoms with Crippen LogP contribution in [0.1, 0.15) is 31.9 Å². The van der Waals surface area contributed by atoms with Gasteiger partial charge in [0.05, 0.1) is 13.3 Å². The molecule has 1 amide bonds. The molecule has 0 aliphatic carbocycles. The lowest BCUT2D eigenvalue weighted by Crippen LogP contribution is -2.27. The van der Waals surface area contributed by atoms with E-state index in [2.05, 4.69) is 25.8 Å². The third-order valence-corrected chi connectivity index (χ3v) is 3.00. The number of rotatable bonds is 6. The Morgan fingerprint density at radius 3 is 2.67 bits per heavy atom. The number of carbonyl (C=O) groups is 1. The lowest BCUT2D eigenvalue weighted by Gasteiger charge is -2.19. The number of amides is 1. The fraction of sp³-hybridized carbons (Fsp3) is 0.438. The highest BCUT2D eigenvalue weighted by atomic mass is 16.6. The first-order chi connectivity index (χ1) is 11.4. The van der Waals surface area contributed by atoms with Crippen LogP contribution in [0.15, 0.2) is 24.5 Å². The third kappa shape index (κ3) is 5.54. The second kappa shape index (κ2) is 7.78. The van der Waals surface area contributed by atoms with Crippen LogP contribution < -0.4 is 15.4 Å². The predicted octanol–water partition coefficient (Wildman–Crippen LogP) is 2.45. The number of ether oxygens (including phenoxy) is 2. The number of pyridine rings is 1. The molecular formula is C16H23N5O3. The minimum Gasteiger partial charge on any atom is -0.481 e. The Labute approximate surface area is 141 Å². The first-order valence-electron chi connectivity index (χ1n) is 7.59. The molecule has 0 spiro atoms. The maximum atomic E-state index is 11.8. The highest BCUT2D eigenvalue weighted by Crippen LogP contribution is 2.14. The number of methoxy groups -OCH3 is 1. The summed E-state index contributed by atoms with van der Waals surface area (Å²) < 4.78 is 10.2. The molecule has 0 aliphatic heterocycles. The van der Waals surface area contributed by atoms with Crippen LogP contribution in [0.25, 0.3) is 0 Å². The molecule has 2 heterocycles. The summed E-state index contributed by atoms with van der Waals surface area (Å²) in [5, 5.41) is 12.6. The van der Waals surface area contributed by atoms with E-state index in [1.807, 2.05) is 32.9 Å². The summed E-state index contributed by atoms with van der Waals surface area (Å²) in [6.45, 7) is 6.60. The second-order valence-corrected chi connectivity index (χ2v) is 6.21. The number of aromatic nitrogens is 3. The third-order valence-electron chi connectivity index (χ3n) is 3.00. The molecule has 0 bridgehead atoms. The molecule has 0 saturated heterocycles. The number of hydrogen-bond donors (Lipinski definition) is 3. The second-order valence-electron chi connectivity index (χ2n) is 6.21. The number of hydrogen-bond acceptors (Lipinski definition) is 6. The summed E-state index contributed by atoms with van der Waals surface area (Å²) in [6.07, 6.45) is 2.89. The van der Waals surface area contributed by atoms with Crippen molar-refractivity contribution in [2.24, 2.45) is 0 Å². The zero-order valence-electron chi connectivity index (χ0n) is 14.3. The summed E-state index contributed by atoms with van der Waals surface area (Å²) in [7, 11) is 1.58. The average Bonchev–Trinajstić information content (AvgIpc) is 2.93. The Morgan fingerprint density at radius 1 is 1.25 bits per heavy atom. The SMILES string of the molecule is COc1ccc(CNCc2cn[nH]c2NC(=O)OC(C)(C)C)cn1. The van der Waals surface area contributed by atoms with Crippen molar-refractivity contribution in [2.75, 3.05) is 12.4 Å². The van der Waals surface area contributed by atoms with Gasteiger partial charge in [0.25, 0.3) is 0 Å². The summed E-state index contributed by atoms with van der Waals surface area (Å²) >= 11 is 0. The highest BCUT2D eigenvalue weighted by Gasteiger charge is 2.17. The summed E-state index contributed by atoms with van der Waals surface area (Å²) in [4.78, 5) is 16.0. The van der Waals surface area contributed by atoms with Crippen LogP contribution in [0, 0.1) is 0 Å². The van der Waals surface area contributed by atoms with Gasteiger partial charge < -0.3 is 14.8 Å². The molecule has 0 unspecified atom stereocenters. The van der Waals surface area contributed by atoms with Gasteiger partial charge in [0, 0.05) is 30.9 Å². The van der Waals surface area contributed by atoms with E-state index in [4.69, 9.17) is 9.47 Å². The van der Waals surface area contributed by atoms with Crippen LogP contribution in [0.4, 0.5) is 10.6 Å². The first kappa shape index (κ1) is 17.7. The molecule has 0 atom stereocenters. The van der Waals surface area contributed by atoms with Gasteiger partial charge in [-0.3, -0.25) is 10.4 Å². The Kier molecular flexibility index (Phi) is 5.75. The fourth-order valence-corrected chi connectivity index (χ4v) is 1.94. The molecule has 2 rings (SSSR count). The predicted molar refractivity (Wildman–Crippen MR) is 89.8 cm³/mol. The Hall–Kier alpha value is -2.61. The molecule has 130 valence electrons. The van der Waals surface area contributed by atoms with Gasteiger partial charge >= 0.3 is 6.09 Å². The molecule has 3 N–H and O–H groups in total. The molecule has 8 heteroatoms. The van der Waals surface area contributed by atoms with Crippen LogP contribution in [0.5, 0.6) is 5.88 Å². The van der Waals surface area contributed by atoms with Gasteiger partial charge in [-0.15, -0.1) is 0 Å². The van der Waals surface area contributed by atoms with Crippen molar-refractivity contribution in [3.8, 4) is 5.88 Å². The van der Waals surface area contributed by atoms with Crippen LogP contribution in [-0.2, 0) is 17.8 Å². The van der Waals surface area contributed by atoms with Crippen LogP contribution >= 0.6 is 0 Å². The first-order valence-corrected chi connectivity index (χ1v) is 7.59. The zero-order chi connectivity index (χ0) is 17.6. The van der Waals surface area contributed by atoms with E-state index in [0.29, 0.717) is 24.8 Å². The maximum absolute atomic E-state index is 11.8. The standard InChI is InChI=1S/C16H23N5O3/c1-16(2,3)24-15(22)20-14-12(10-19-21-14)9-17-7-11-5-6-13(23-4)18-8-11/h5-6,8,10,17H,7,9H2,1-4H3,(H2,19,20,21,22). The lowest BCUT2D eigenvalue weighted by atomic mass is 10.2. The normalized spacial score (nSPS) is 11.2. The van der Waals surface area contributed by atoms with Gasteiger partial charge in [0.2, 0.25) is 5.88 Å². The maximum Gasteiger partial charge on any atom is 0.413 e. The summed E-state index contributed by atoms with van der Waals surface area (Å²) in [5.41, 5.74) is 1.31. The fourth-order valence-electron chi connectivity index (χ4n) is 1.94. The molecule has 24 heavy (non-hydrogen) atoms. The summed E-state index contributed by atoms with van der Waals surface area (Å²) in [5.74, 6) is 1.10. The Bertz CT molecular complexity index is 661. The smallest absolute Gasteiger partial charge is 0.413 e. The highest BCUT2D eigenvalue weighted by molar-refractivity contribution is 5.84. The molecule has 0 fully saturated rings. The minimum absolute atomic E-state index is 0.518. The van der Waals surface area contributed by atoms with E-state index in [-0.39, 0.29) is 0 Å². The van der Waals surface area contributed by atoms with Crippen molar-refractivity contribution < 1.29 is 14.3 Å². The number of aromatic amines is 1. The molecular weight excluding hydrogens is 310 g/mol. The van der Waals surface area contributed by atoms with Crippen LogP contribution in [0.3, 0.4) is 0 Å². The van der Waals surface area contributed by atoms with Gasteiger partial charge in [-0.2, -0.15) is 5.10 Å². The van der Waals surface area contributed by atoms with Crippen molar-refractivity contribution in [1.29, 1.82) is 0 Å². The zero-order valence-corrected chi connectivity index (χ0v) is 14.3. The van der Waals surface area contributed by atoms with Crippen molar-refractivity contribution in [3.63, 3.8) is 0 Å². The van der Waals surface area contributed by atoms with Gasteiger partial charge in [-0.1, -0.05) is 6.07 Å². The van der Waals surface area contributed by atoms with Gasteiger partial charge in [-0.25, -0.2) is 9.78 Å². The number of nitrogens with zero attached hydrogens (tertiary/aromatic N) is 2. The molecule has 0 saturated carbocycles. The van der Waals surface area contributed by atoms with E-state index < -0.39 is 11.7 Å². The van der Waals surface area contributed by atoms with E-state index in [0.717, 1.165) is 11.1 Å². The van der Waals surface area contributed by atoms with Crippen molar-refractivity contribution in [3.05, 3.63) is 35.7 Å². The molecule has 0 radical (unpaired) electrons. The minimum atomic E-state index is -0.552. The molecule has 2 aromatic heterocycles. The molecule has 0 aromatic carbocycles. The van der Waals surface area contributed by atoms with E-state index in [9.17, 15) is 4.79 Å². The Morgan fingerprint density at radius 2 is 2.04 bits per heavy atom. The number of carbonyl (C=O) groups excluding carboxylic acids is 1. The van der Waals surface area contributed by atoms with Gasteiger partial charge in [-0.05, 0) is 26.3 Å². The average molecular weight is 333 g/mol. The molecule has 0 aliphatic rings. The molecule has 2 aromatic rings. The van der Waals surface area contributed by atoms with Crippen molar-refractivity contribution >= 4 is 11.9 Å². The van der Waals surface area contributed by atoms with Gasteiger partial charge in [0.1, 0.15) is 11.4 Å². The van der Waals surface area contributed by atoms with Gasteiger partial charge in [0.15, 0.2) is 0 Å². The van der Waals surface area contributed by atoms with Crippen LogP contribution in [0.2, 0.25) is 0 Å². The summed E-state index contributed by atoms with van der Waals surface area (Å²) in [6, 6.07) is 3.75. The molecule has 8 nitrogen and oxygen atoms in total.